The van der Waals surface area contributed by atoms with Crippen molar-refractivity contribution in [3.05, 3.63) is 81.7 Å². The van der Waals surface area contributed by atoms with E-state index in [4.69, 9.17) is 25.8 Å². The number of imide groups is 1. The molecule has 42 heavy (non-hydrogen) atoms. The summed E-state index contributed by atoms with van der Waals surface area (Å²) in [5, 5.41) is 5.12. The second-order valence-electron chi connectivity index (χ2n) is 8.96. The van der Waals surface area contributed by atoms with Crippen LogP contribution in [-0.2, 0) is 20.8 Å². The first-order valence-electron chi connectivity index (χ1n) is 12.8. The quantitative estimate of drug-likeness (QED) is 0.269. The molecule has 0 spiro atoms. The average molecular weight is 610 g/mol. The number of benzene rings is 3. The minimum Gasteiger partial charge on any atom is -0.495 e. The van der Waals surface area contributed by atoms with Crippen molar-refractivity contribution in [3.8, 4) is 17.2 Å². The first-order valence-corrected chi connectivity index (χ1v) is 14.0. The number of thioether (sulfide) groups is 1. The van der Waals surface area contributed by atoms with Gasteiger partial charge >= 0.3 is 0 Å². The number of hydrogen-bond donors (Lipinski definition) is 2. The van der Waals surface area contributed by atoms with Crippen LogP contribution in [0.25, 0.3) is 6.08 Å². The van der Waals surface area contributed by atoms with E-state index in [0.717, 1.165) is 23.1 Å². The zero-order valence-corrected chi connectivity index (χ0v) is 24.6. The Labute approximate surface area is 252 Å². The lowest BCUT2D eigenvalue weighted by Crippen LogP contribution is -2.36. The van der Waals surface area contributed by atoms with Gasteiger partial charge in [-0.25, -0.2) is 0 Å². The van der Waals surface area contributed by atoms with Crippen LogP contribution in [0, 0.1) is 0 Å². The maximum atomic E-state index is 12.9. The molecule has 2 N–H and O–H groups in total. The molecule has 1 heterocycles. The summed E-state index contributed by atoms with van der Waals surface area (Å²) in [7, 11) is 2.92. The highest BCUT2D eigenvalue weighted by molar-refractivity contribution is 8.18. The number of ether oxygens (including phenoxy) is 3. The number of carbonyl (C=O) groups excluding carboxylic acids is 4. The maximum Gasteiger partial charge on any atom is 0.294 e. The van der Waals surface area contributed by atoms with Crippen molar-refractivity contribution in [2.24, 2.45) is 0 Å². The second-order valence-corrected chi connectivity index (χ2v) is 10.4. The number of methoxy groups -OCH3 is 2. The van der Waals surface area contributed by atoms with Gasteiger partial charge in [-0.05, 0) is 77.9 Å². The summed E-state index contributed by atoms with van der Waals surface area (Å²) >= 11 is 6.81. The van der Waals surface area contributed by atoms with Gasteiger partial charge in [0.1, 0.15) is 12.3 Å². The molecule has 1 aliphatic rings. The Kier molecular flexibility index (Phi) is 10.1. The normalized spacial score (nSPS) is 13.7. The molecule has 1 fully saturated rings. The molecule has 1 aliphatic heterocycles. The zero-order chi connectivity index (χ0) is 30.2. The summed E-state index contributed by atoms with van der Waals surface area (Å²) in [5.74, 6) is -0.393. The van der Waals surface area contributed by atoms with E-state index >= 15 is 0 Å². The van der Waals surface area contributed by atoms with E-state index in [1.807, 2.05) is 24.3 Å². The molecule has 0 aromatic heterocycles. The van der Waals surface area contributed by atoms with Crippen LogP contribution >= 0.6 is 23.4 Å². The Morgan fingerprint density at radius 1 is 0.881 bits per heavy atom. The monoisotopic (exact) mass is 609 g/mol. The highest BCUT2D eigenvalue weighted by atomic mass is 35.5. The van der Waals surface area contributed by atoms with E-state index in [0.29, 0.717) is 39.2 Å². The molecular formula is C30H28ClN3O7S. The molecule has 3 aromatic carbocycles. The van der Waals surface area contributed by atoms with Gasteiger partial charge in [0, 0.05) is 11.4 Å². The van der Waals surface area contributed by atoms with E-state index in [2.05, 4.69) is 17.6 Å². The summed E-state index contributed by atoms with van der Waals surface area (Å²) in [4.78, 5) is 51.3. The van der Waals surface area contributed by atoms with Crippen molar-refractivity contribution in [1.29, 1.82) is 0 Å². The standard InChI is InChI=1S/C30H28ClN3O7S/c1-4-18-5-8-20(9-6-18)32-28(36)17-41-24-11-7-19(13-25(24)40-3)14-26-29(37)34(30(38)42-26)16-27(35)33-21-10-12-23(39-2)22(31)15-21/h5-15H,4,16-17H2,1-3H3,(H,32,36)(H,33,35)/b26-14-. The van der Waals surface area contributed by atoms with Gasteiger partial charge in [0.2, 0.25) is 5.91 Å². The molecule has 4 amide bonds. The SMILES string of the molecule is CCc1ccc(NC(=O)COc2ccc(/C=C3\SC(=O)N(CC(=O)Nc4ccc(OC)c(Cl)c4)C3=O)cc2OC)cc1. The van der Waals surface area contributed by atoms with Crippen molar-refractivity contribution in [2.75, 3.05) is 38.0 Å². The molecule has 10 nitrogen and oxygen atoms in total. The van der Waals surface area contributed by atoms with Crippen LogP contribution in [0.5, 0.6) is 17.2 Å². The van der Waals surface area contributed by atoms with Crippen LogP contribution in [0.2, 0.25) is 5.02 Å². The van der Waals surface area contributed by atoms with Crippen LogP contribution in [0.1, 0.15) is 18.1 Å². The fourth-order valence-electron chi connectivity index (χ4n) is 3.93. The Bertz CT molecular complexity index is 1540. The number of amides is 4. The Balaban J connectivity index is 1.36. The van der Waals surface area contributed by atoms with Gasteiger partial charge < -0.3 is 24.8 Å². The number of aryl methyl sites for hydroxylation is 1. The maximum absolute atomic E-state index is 12.9. The van der Waals surface area contributed by atoms with Crippen molar-refractivity contribution in [3.63, 3.8) is 0 Å². The molecule has 218 valence electrons. The van der Waals surface area contributed by atoms with Gasteiger partial charge in [0.15, 0.2) is 18.1 Å². The van der Waals surface area contributed by atoms with Crippen molar-refractivity contribution in [1.82, 2.24) is 4.90 Å². The predicted octanol–water partition coefficient (Wildman–Crippen LogP) is 5.61. The molecule has 0 radical (unpaired) electrons. The third-order valence-electron chi connectivity index (χ3n) is 6.10. The first-order chi connectivity index (χ1) is 20.2. The van der Waals surface area contributed by atoms with Crippen LogP contribution < -0.4 is 24.8 Å². The molecule has 1 saturated heterocycles. The average Bonchev–Trinajstić information content (AvgIpc) is 3.23. The number of carbonyl (C=O) groups is 4. The Morgan fingerprint density at radius 2 is 1.55 bits per heavy atom. The lowest BCUT2D eigenvalue weighted by molar-refractivity contribution is -0.127. The van der Waals surface area contributed by atoms with Gasteiger partial charge in [0.25, 0.3) is 17.1 Å². The highest BCUT2D eigenvalue weighted by Crippen LogP contribution is 2.35. The summed E-state index contributed by atoms with van der Waals surface area (Å²) < 4.78 is 16.1. The minimum atomic E-state index is -0.601. The number of halogens is 1. The largest absolute Gasteiger partial charge is 0.495 e. The van der Waals surface area contributed by atoms with Gasteiger partial charge in [-0.1, -0.05) is 36.7 Å². The predicted molar refractivity (Wildman–Crippen MR) is 162 cm³/mol. The van der Waals surface area contributed by atoms with E-state index in [1.165, 1.54) is 31.9 Å². The Hall–Kier alpha value is -4.48. The van der Waals surface area contributed by atoms with Crippen molar-refractivity contribution in [2.45, 2.75) is 13.3 Å². The number of anilines is 2. The molecule has 12 heteroatoms. The molecule has 0 saturated carbocycles. The van der Waals surface area contributed by atoms with Crippen LogP contribution in [-0.4, -0.2) is 55.2 Å². The fraction of sp³-hybridized carbons (Fsp3) is 0.200. The second kappa shape index (κ2) is 13.9. The molecule has 0 bridgehead atoms. The van der Waals surface area contributed by atoms with Crippen LogP contribution in [0.4, 0.5) is 16.2 Å². The summed E-state index contributed by atoms with van der Waals surface area (Å²) in [6.07, 6.45) is 2.43. The number of nitrogens with zero attached hydrogens (tertiary/aromatic N) is 1. The van der Waals surface area contributed by atoms with E-state index in [-0.39, 0.29) is 17.4 Å². The summed E-state index contributed by atoms with van der Waals surface area (Å²) in [6, 6.07) is 17.1. The molecular weight excluding hydrogens is 582 g/mol. The Morgan fingerprint density at radius 3 is 2.21 bits per heavy atom. The third kappa shape index (κ3) is 7.62. The highest BCUT2D eigenvalue weighted by Gasteiger charge is 2.36. The molecule has 4 rings (SSSR count). The van der Waals surface area contributed by atoms with Crippen molar-refractivity contribution < 1.29 is 33.4 Å². The van der Waals surface area contributed by atoms with Gasteiger partial charge in [-0.3, -0.25) is 24.1 Å². The summed E-state index contributed by atoms with van der Waals surface area (Å²) in [5.41, 5.74) is 2.78. The lowest BCUT2D eigenvalue weighted by Gasteiger charge is -2.13. The third-order valence-corrected chi connectivity index (χ3v) is 7.30. The minimum absolute atomic E-state index is 0.143. The first kappa shape index (κ1) is 30.5. The van der Waals surface area contributed by atoms with Gasteiger partial charge in [-0.15, -0.1) is 0 Å². The van der Waals surface area contributed by atoms with Crippen LogP contribution in [0.3, 0.4) is 0 Å². The molecule has 0 atom stereocenters. The van der Waals surface area contributed by atoms with Gasteiger partial charge in [0.05, 0.1) is 24.1 Å². The topological polar surface area (TPSA) is 123 Å². The summed E-state index contributed by atoms with van der Waals surface area (Å²) in [6.45, 7) is 1.35. The van der Waals surface area contributed by atoms with E-state index in [1.54, 1.807) is 30.3 Å². The molecule has 3 aromatic rings. The smallest absolute Gasteiger partial charge is 0.294 e. The number of rotatable bonds is 11. The zero-order valence-electron chi connectivity index (χ0n) is 23.1. The number of hydrogen-bond acceptors (Lipinski definition) is 8. The van der Waals surface area contributed by atoms with Crippen molar-refractivity contribution >= 4 is 63.8 Å². The van der Waals surface area contributed by atoms with Crippen LogP contribution in [0.15, 0.2) is 65.6 Å². The van der Waals surface area contributed by atoms with Gasteiger partial charge in [-0.2, -0.15) is 0 Å². The fourth-order valence-corrected chi connectivity index (χ4v) is 5.03. The van der Waals surface area contributed by atoms with E-state index in [9.17, 15) is 19.2 Å². The molecule has 0 unspecified atom stereocenters. The molecule has 0 aliphatic carbocycles. The lowest BCUT2D eigenvalue weighted by atomic mass is 10.1. The van der Waals surface area contributed by atoms with E-state index < -0.39 is 23.6 Å². The number of nitrogens with one attached hydrogen (secondary N) is 2.